The number of aliphatic imine (C=N–C) groups is 1. The van der Waals surface area contributed by atoms with E-state index in [0.717, 1.165) is 24.1 Å². The van der Waals surface area contributed by atoms with Crippen molar-refractivity contribution in [2.75, 3.05) is 25.9 Å². The number of nitrogens with one attached hydrogen (secondary N) is 2. The summed E-state index contributed by atoms with van der Waals surface area (Å²) in [6.45, 7) is 3.93. The summed E-state index contributed by atoms with van der Waals surface area (Å²) in [4.78, 5) is 4.84. The van der Waals surface area contributed by atoms with Crippen molar-refractivity contribution >= 4 is 15.8 Å². The molecule has 3 N–H and O–H groups in total. The Bertz CT molecular complexity index is 850. The molecule has 0 radical (unpaired) electrons. The largest absolute Gasteiger partial charge is 0.388 e. The third kappa shape index (κ3) is 7.32. The Morgan fingerprint density at radius 2 is 1.75 bits per heavy atom. The van der Waals surface area contributed by atoms with E-state index < -0.39 is 15.9 Å². The van der Waals surface area contributed by atoms with Crippen LogP contribution in [0.3, 0.4) is 0 Å². The first-order chi connectivity index (χ1) is 13.4. The summed E-state index contributed by atoms with van der Waals surface area (Å²) in [5, 5.41) is 16.7. The van der Waals surface area contributed by atoms with Gasteiger partial charge < -0.3 is 15.7 Å². The minimum atomic E-state index is -3.16. The lowest BCUT2D eigenvalue weighted by Gasteiger charge is -2.13. The molecular weight excluding hydrogens is 374 g/mol. The molecule has 152 valence electrons. The van der Waals surface area contributed by atoms with Crippen LogP contribution >= 0.6 is 0 Å². The quantitative estimate of drug-likeness (QED) is 0.442. The average molecular weight is 404 g/mol. The summed E-state index contributed by atoms with van der Waals surface area (Å²) in [6, 6.07) is 16.5. The lowest BCUT2D eigenvalue weighted by atomic mass is 10.1. The van der Waals surface area contributed by atoms with Gasteiger partial charge in [-0.3, -0.25) is 4.99 Å². The van der Waals surface area contributed by atoms with Crippen LogP contribution < -0.4 is 10.6 Å². The molecule has 28 heavy (non-hydrogen) atoms. The van der Waals surface area contributed by atoms with E-state index in [4.69, 9.17) is 0 Å². The summed E-state index contributed by atoms with van der Waals surface area (Å²) < 4.78 is 23.0. The van der Waals surface area contributed by atoms with Gasteiger partial charge in [0.05, 0.1) is 11.0 Å². The molecule has 2 aromatic carbocycles. The fourth-order valence-corrected chi connectivity index (χ4v) is 3.34. The normalized spacial score (nSPS) is 13.2. The SMILES string of the molecule is CCNC(=NCCC(O)c1ccccc1)NCCc1ccc(S(C)(=O)=O)cc1. The summed E-state index contributed by atoms with van der Waals surface area (Å²) in [6.07, 6.45) is 1.98. The summed E-state index contributed by atoms with van der Waals surface area (Å²) in [7, 11) is -3.16. The van der Waals surface area contributed by atoms with Gasteiger partial charge in [0.1, 0.15) is 0 Å². The van der Waals surface area contributed by atoms with E-state index in [2.05, 4.69) is 15.6 Å². The molecule has 2 rings (SSSR count). The lowest BCUT2D eigenvalue weighted by Crippen LogP contribution is -2.38. The molecule has 1 unspecified atom stereocenters. The highest BCUT2D eigenvalue weighted by molar-refractivity contribution is 7.90. The van der Waals surface area contributed by atoms with Gasteiger partial charge in [-0.1, -0.05) is 42.5 Å². The molecule has 1 atom stereocenters. The van der Waals surface area contributed by atoms with E-state index in [1.54, 1.807) is 12.1 Å². The third-order valence-electron chi connectivity index (χ3n) is 4.26. The van der Waals surface area contributed by atoms with Crippen LogP contribution in [0.2, 0.25) is 0 Å². The highest BCUT2D eigenvalue weighted by Gasteiger charge is 2.07. The van der Waals surface area contributed by atoms with Gasteiger partial charge in [-0.15, -0.1) is 0 Å². The fourth-order valence-electron chi connectivity index (χ4n) is 2.71. The molecule has 0 amide bonds. The van der Waals surface area contributed by atoms with E-state index >= 15 is 0 Å². The first-order valence-corrected chi connectivity index (χ1v) is 11.3. The zero-order chi connectivity index (χ0) is 20.4. The van der Waals surface area contributed by atoms with Gasteiger partial charge in [-0.25, -0.2) is 8.42 Å². The number of hydrogen-bond acceptors (Lipinski definition) is 4. The van der Waals surface area contributed by atoms with Crippen molar-refractivity contribution in [3.8, 4) is 0 Å². The third-order valence-corrected chi connectivity index (χ3v) is 5.39. The fraction of sp³-hybridized carbons (Fsp3) is 0.381. The second kappa shape index (κ2) is 10.8. The first-order valence-electron chi connectivity index (χ1n) is 9.44. The number of hydrogen-bond donors (Lipinski definition) is 3. The maximum atomic E-state index is 11.5. The number of aliphatic hydroxyl groups is 1. The standard InChI is InChI=1S/C21H29N3O3S/c1-3-22-21(24-16-14-20(25)18-7-5-4-6-8-18)23-15-13-17-9-11-19(12-10-17)28(2,26)27/h4-12,20,25H,3,13-16H2,1-2H3,(H2,22,23,24). The first kappa shape index (κ1) is 21.9. The Kier molecular flexibility index (Phi) is 8.47. The van der Waals surface area contributed by atoms with E-state index in [0.29, 0.717) is 30.4 Å². The maximum absolute atomic E-state index is 11.5. The number of aliphatic hydroxyl groups excluding tert-OH is 1. The van der Waals surface area contributed by atoms with Crippen molar-refractivity contribution in [1.82, 2.24) is 10.6 Å². The van der Waals surface area contributed by atoms with E-state index in [-0.39, 0.29) is 0 Å². The van der Waals surface area contributed by atoms with Crippen LogP contribution in [-0.2, 0) is 16.3 Å². The van der Waals surface area contributed by atoms with Crippen LogP contribution in [0.5, 0.6) is 0 Å². The van der Waals surface area contributed by atoms with Crippen molar-refractivity contribution in [2.45, 2.75) is 30.8 Å². The lowest BCUT2D eigenvalue weighted by molar-refractivity contribution is 0.170. The molecule has 0 bridgehead atoms. The molecule has 6 nitrogen and oxygen atoms in total. The molecule has 0 heterocycles. The Morgan fingerprint density at radius 1 is 1.07 bits per heavy atom. The van der Waals surface area contributed by atoms with Crippen molar-refractivity contribution in [2.24, 2.45) is 4.99 Å². The Hall–Kier alpha value is -2.38. The molecule has 0 aliphatic heterocycles. The number of sulfone groups is 1. The maximum Gasteiger partial charge on any atom is 0.191 e. The average Bonchev–Trinajstić information content (AvgIpc) is 2.68. The van der Waals surface area contributed by atoms with Gasteiger partial charge in [-0.05, 0) is 43.0 Å². The van der Waals surface area contributed by atoms with Gasteiger partial charge in [0, 0.05) is 25.9 Å². The molecule has 7 heteroatoms. The summed E-state index contributed by atoms with van der Waals surface area (Å²) in [5.41, 5.74) is 1.95. The molecule has 0 saturated carbocycles. The van der Waals surface area contributed by atoms with Crippen molar-refractivity contribution in [3.63, 3.8) is 0 Å². The highest BCUT2D eigenvalue weighted by Crippen LogP contribution is 2.15. The molecule has 0 aliphatic rings. The van der Waals surface area contributed by atoms with Gasteiger partial charge in [0.15, 0.2) is 15.8 Å². The number of nitrogens with zero attached hydrogens (tertiary/aromatic N) is 1. The van der Waals surface area contributed by atoms with Crippen LogP contribution in [-0.4, -0.2) is 45.4 Å². The molecule has 0 fully saturated rings. The van der Waals surface area contributed by atoms with E-state index in [9.17, 15) is 13.5 Å². The molecule has 0 saturated heterocycles. The zero-order valence-electron chi connectivity index (χ0n) is 16.4. The van der Waals surface area contributed by atoms with Gasteiger partial charge in [0.25, 0.3) is 0 Å². The predicted molar refractivity (Wildman–Crippen MR) is 113 cm³/mol. The topological polar surface area (TPSA) is 90.8 Å². The van der Waals surface area contributed by atoms with Gasteiger partial charge >= 0.3 is 0 Å². The Balaban J connectivity index is 1.82. The number of benzene rings is 2. The minimum Gasteiger partial charge on any atom is -0.388 e. The molecule has 0 aliphatic carbocycles. The minimum absolute atomic E-state index is 0.330. The number of rotatable bonds is 9. The predicted octanol–water partition coefficient (Wildman–Crippen LogP) is 2.31. The van der Waals surface area contributed by atoms with Gasteiger partial charge in [-0.2, -0.15) is 0 Å². The van der Waals surface area contributed by atoms with Crippen LogP contribution in [0.25, 0.3) is 0 Å². The van der Waals surface area contributed by atoms with E-state index in [1.165, 1.54) is 6.26 Å². The monoisotopic (exact) mass is 403 g/mol. The zero-order valence-corrected chi connectivity index (χ0v) is 17.2. The Morgan fingerprint density at radius 3 is 2.36 bits per heavy atom. The second-order valence-electron chi connectivity index (χ2n) is 6.57. The smallest absolute Gasteiger partial charge is 0.191 e. The summed E-state index contributed by atoms with van der Waals surface area (Å²) >= 11 is 0. The highest BCUT2D eigenvalue weighted by atomic mass is 32.2. The number of guanidine groups is 1. The van der Waals surface area contributed by atoms with Crippen LogP contribution in [0.4, 0.5) is 0 Å². The molecule has 0 aromatic heterocycles. The van der Waals surface area contributed by atoms with Crippen LogP contribution in [0.1, 0.15) is 30.6 Å². The van der Waals surface area contributed by atoms with Crippen molar-refractivity contribution < 1.29 is 13.5 Å². The second-order valence-corrected chi connectivity index (χ2v) is 8.58. The van der Waals surface area contributed by atoms with Gasteiger partial charge in [0.2, 0.25) is 0 Å². The van der Waals surface area contributed by atoms with Crippen molar-refractivity contribution in [3.05, 3.63) is 65.7 Å². The van der Waals surface area contributed by atoms with E-state index in [1.807, 2.05) is 49.4 Å². The Labute approximate surface area is 167 Å². The summed E-state index contributed by atoms with van der Waals surface area (Å²) in [5.74, 6) is 0.704. The van der Waals surface area contributed by atoms with Crippen LogP contribution in [0.15, 0.2) is 64.5 Å². The van der Waals surface area contributed by atoms with Crippen LogP contribution in [0, 0.1) is 0 Å². The molecule has 0 spiro atoms. The van der Waals surface area contributed by atoms with Crippen molar-refractivity contribution in [1.29, 1.82) is 0 Å². The molecular formula is C21H29N3O3S. The molecule has 2 aromatic rings.